The standard InChI is InChI=1S/C16H21N3O2S2/c1-9-6-10(9)17-13(20)11-7-12-14(22-11)18-15(23-12)19-4-5-21-16(2,3)8-19/h7,9-10H,4-6,8H2,1-3H3,(H,17,20)/t9-,10-/m0/s1. The average Bonchev–Trinajstić information content (AvgIpc) is 2.86. The quantitative estimate of drug-likeness (QED) is 0.923. The highest BCUT2D eigenvalue weighted by molar-refractivity contribution is 7.29. The Hall–Kier alpha value is -1.18. The van der Waals surface area contributed by atoms with Crippen molar-refractivity contribution in [2.75, 3.05) is 24.6 Å². The van der Waals surface area contributed by atoms with Crippen LogP contribution in [0, 0.1) is 5.92 Å². The van der Waals surface area contributed by atoms with E-state index in [4.69, 9.17) is 9.72 Å². The molecule has 2 atom stereocenters. The topological polar surface area (TPSA) is 54.5 Å². The number of thiazole rings is 1. The smallest absolute Gasteiger partial charge is 0.261 e. The van der Waals surface area contributed by atoms with Gasteiger partial charge >= 0.3 is 0 Å². The Morgan fingerprint density at radius 1 is 1.48 bits per heavy atom. The van der Waals surface area contributed by atoms with Crippen molar-refractivity contribution >= 4 is 43.2 Å². The molecule has 23 heavy (non-hydrogen) atoms. The Kier molecular flexibility index (Phi) is 3.62. The van der Waals surface area contributed by atoms with Crippen LogP contribution in [0.15, 0.2) is 6.07 Å². The van der Waals surface area contributed by atoms with Crippen molar-refractivity contribution in [3.8, 4) is 0 Å². The Morgan fingerprint density at radius 2 is 2.26 bits per heavy atom. The summed E-state index contributed by atoms with van der Waals surface area (Å²) in [5.41, 5.74) is -0.136. The number of morpholine rings is 1. The van der Waals surface area contributed by atoms with Gasteiger partial charge in [-0.25, -0.2) is 4.98 Å². The monoisotopic (exact) mass is 351 g/mol. The molecular formula is C16H21N3O2S2. The first kappa shape index (κ1) is 15.4. The van der Waals surface area contributed by atoms with Gasteiger partial charge in [0, 0.05) is 19.1 Å². The van der Waals surface area contributed by atoms with Gasteiger partial charge < -0.3 is 15.0 Å². The fourth-order valence-corrected chi connectivity index (χ4v) is 5.05. The third kappa shape index (κ3) is 3.09. The van der Waals surface area contributed by atoms with Crippen LogP contribution in [0.25, 0.3) is 9.53 Å². The van der Waals surface area contributed by atoms with Crippen LogP contribution in [0.3, 0.4) is 0 Å². The lowest BCUT2D eigenvalue weighted by molar-refractivity contribution is -0.0276. The first-order valence-corrected chi connectivity index (χ1v) is 9.65. The molecule has 2 aromatic rings. The molecule has 0 spiro atoms. The van der Waals surface area contributed by atoms with Gasteiger partial charge in [0.2, 0.25) is 0 Å². The van der Waals surface area contributed by atoms with Crippen LogP contribution in [-0.2, 0) is 4.74 Å². The largest absolute Gasteiger partial charge is 0.372 e. The molecule has 1 amide bonds. The summed E-state index contributed by atoms with van der Waals surface area (Å²) in [5, 5.41) is 4.11. The number of carbonyl (C=O) groups excluding carboxylic acids is 1. The maximum Gasteiger partial charge on any atom is 0.261 e. The summed E-state index contributed by atoms with van der Waals surface area (Å²) in [4.78, 5) is 21.0. The second kappa shape index (κ2) is 5.43. The number of nitrogens with one attached hydrogen (secondary N) is 1. The Morgan fingerprint density at radius 3 is 2.91 bits per heavy atom. The molecule has 1 saturated carbocycles. The molecule has 0 unspecified atom stereocenters. The number of anilines is 1. The molecular weight excluding hydrogens is 330 g/mol. The van der Waals surface area contributed by atoms with Gasteiger partial charge in [-0.3, -0.25) is 4.79 Å². The fourth-order valence-electron chi connectivity index (χ4n) is 2.91. The van der Waals surface area contributed by atoms with Crippen molar-refractivity contribution in [2.24, 2.45) is 5.92 Å². The zero-order chi connectivity index (χ0) is 16.2. The maximum atomic E-state index is 12.2. The summed E-state index contributed by atoms with van der Waals surface area (Å²) in [5.74, 6) is 0.665. The van der Waals surface area contributed by atoms with Gasteiger partial charge in [-0.05, 0) is 32.3 Å². The molecule has 0 radical (unpaired) electrons. The lowest BCUT2D eigenvalue weighted by atomic mass is 10.1. The van der Waals surface area contributed by atoms with Gasteiger partial charge in [0.15, 0.2) is 5.13 Å². The SMILES string of the molecule is C[C@H]1C[C@@H]1NC(=O)c1cc2sc(N3CCOC(C)(C)C3)nc2s1. The lowest BCUT2D eigenvalue weighted by Crippen LogP contribution is -2.48. The molecule has 1 aliphatic carbocycles. The Bertz CT molecular complexity index is 720. The summed E-state index contributed by atoms with van der Waals surface area (Å²) < 4.78 is 6.86. The van der Waals surface area contributed by atoms with Crippen LogP contribution < -0.4 is 10.2 Å². The molecule has 4 rings (SSSR count). The zero-order valence-corrected chi connectivity index (χ0v) is 15.2. The van der Waals surface area contributed by atoms with E-state index < -0.39 is 0 Å². The van der Waals surface area contributed by atoms with E-state index in [2.05, 4.69) is 31.0 Å². The molecule has 1 N–H and O–H groups in total. The second-order valence-corrected chi connectivity index (χ2v) is 9.14. The van der Waals surface area contributed by atoms with Crippen molar-refractivity contribution in [2.45, 2.75) is 38.8 Å². The average molecular weight is 351 g/mol. The number of aromatic nitrogens is 1. The number of hydrogen-bond acceptors (Lipinski definition) is 6. The Labute approximate surface area is 143 Å². The minimum atomic E-state index is -0.136. The van der Waals surface area contributed by atoms with Gasteiger partial charge in [-0.2, -0.15) is 0 Å². The molecule has 2 aromatic heterocycles. The van der Waals surface area contributed by atoms with E-state index in [1.54, 1.807) is 11.3 Å². The highest BCUT2D eigenvalue weighted by Gasteiger charge is 2.34. The van der Waals surface area contributed by atoms with Crippen molar-refractivity contribution in [1.82, 2.24) is 10.3 Å². The van der Waals surface area contributed by atoms with Gasteiger partial charge in [-0.1, -0.05) is 18.3 Å². The van der Waals surface area contributed by atoms with Crippen molar-refractivity contribution in [3.63, 3.8) is 0 Å². The minimum absolute atomic E-state index is 0.0450. The van der Waals surface area contributed by atoms with Gasteiger partial charge in [0.1, 0.15) is 4.83 Å². The maximum absolute atomic E-state index is 12.2. The van der Waals surface area contributed by atoms with Crippen LogP contribution in [0.2, 0.25) is 0 Å². The predicted octanol–water partition coefficient (Wildman–Crippen LogP) is 3.11. The van der Waals surface area contributed by atoms with E-state index in [1.807, 2.05) is 6.07 Å². The minimum Gasteiger partial charge on any atom is -0.372 e. The van der Waals surface area contributed by atoms with E-state index in [9.17, 15) is 4.79 Å². The number of amides is 1. The van der Waals surface area contributed by atoms with Crippen LogP contribution >= 0.6 is 22.7 Å². The highest BCUT2D eigenvalue weighted by atomic mass is 32.1. The first-order valence-electron chi connectivity index (χ1n) is 8.01. The molecule has 2 fully saturated rings. The number of fused-ring (bicyclic) bond motifs is 1. The summed E-state index contributed by atoms with van der Waals surface area (Å²) in [6, 6.07) is 2.34. The molecule has 5 nitrogen and oxygen atoms in total. The number of hydrogen-bond donors (Lipinski definition) is 1. The molecule has 0 aromatic carbocycles. The third-order valence-corrected chi connectivity index (χ3v) is 6.64. The number of nitrogens with zero attached hydrogens (tertiary/aromatic N) is 2. The zero-order valence-electron chi connectivity index (χ0n) is 13.6. The molecule has 3 heterocycles. The summed E-state index contributed by atoms with van der Waals surface area (Å²) in [7, 11) is 0. The molecule has 124 valence electrons. The molecule has 1 saturated heterocycles. The number of ether oxygens (including phenoxy) is 1. The fraction of sp³-hybridized carbons (Fsp3) is 0.625. The van der Waals surface area contributed by atoms with Gasteiger partial charge in [-0.15, -0.1) is 11.3 Å². The van der Waals surface area contributed by atoms with E-state index in [1.165, 1.54) is 11.3 Å². The molecule has 7 heteroatoms. The van der Waals surface area contributed by atoms with Crippen LogP contribution in [0.4, 0.5) is 5.13 Å². The third-order valence-electron chi connectivity index (χ3n) is 4.42. The Balaban J connectivity index is 1.51. The van der Waals surface area contributed by atoms with E-state index in [0.717, 1.165) is 45.7 Å². The second-order valence-electron chi connectivity index (χ2n) is 7.10. The van der Waals surface area contributed by atoms with Crippen LogP contribution in [-0.4, -0.2) is 42.2 Å². The molecule has 0 bridgehead atoms. The van der Waals surface area contributed by atoms with E-state index in [-0.39, 0.29) is 11.5 Å². The predicted molar refractivity (Wildman–Crippen MR) is 94.8 cm³/mol. The van der Waals surface area contributed by atoms with Crippen molar-refractivity contribution < 1.29 is 9.53 Å². The number of thiophene rings is 1. The summed E-state index contributed by atoms with van der Waals surface area (Å²) >= 11 is 3.16. The lowest BCUT2D eigenvalue weighted by Gasteiger charge is -2.37. The highest BCUT2D eigenvalue weighted by Crippen LogP contribution is 2.36. The summed E-state index contributed by atoms with van der Waals surface area (Å²) in [6.45, 7) is 8.83. The molecule has 1 aliphatic heterocycles. The van der Waals surface area contributed by atoms with Gasteiger partial charge in [0.25, 0.3) is 5.91 Å². The van der Waals surface area contributed by atoms with Gasteiger partial charge in [0.05, 0.1) is 21.8 Å². The first-order chi connectivity index (χ1) is 10.9. The van der Waals surface area contributed by atoms with E-state index in [0.29, 0.717) is 12.0 Å². The molecule has 2 aliphatic rings. The van der Waals surface area contributed by atoms with Crippen LogP contribution in [0.1, 0.15) is 36.9 Å². The van der Waals surface area contributed by atoms with Crippen molar-refractivity contribution in [1.29, 1.82) is 0 Å². The number of carbonyl (C=O) groups is 1. The van der Waals surface area contributed by atoms with Crippen molar-refractivity contribution in [3.05, 3.63) is 10.9 Å². The van der Waals surface area contributed by atoms with E-state index >= 15 is 0 Å². The number of rotatable bonds is 3. The normalized spacial score (nSPS) is 26.5. The van der Waals surface area contributed by atoms with Crippen LogP contribution in [0.5, 0.6) is 0 Å². The summed E-state index contributed by atoms with van der Waals surface area (Å²) in [6.07, 6.45) is 1.10.